The van der Waals surface area contributed by atoms with E-state index in [9.17, 15) is 20.1 Å². The Morgan fingerprint density at radius 1 is 1.17 bits per heavy atom. The molecule has 2 rings (SSSR count). The van der Waals surface area contributed by atoms with Crippen LogP contribution in [0.3, 0.4) is 0 Å². The number of nitrogens with zero attached hydrogens (tertiary/aromatic N) is 2. The van der Waals surface area contributed by atoms with Crippen LogP contribution in [0.15, 0.2) is 36.4 Å². The van der Waals surface area contributed by atoms with Gasteiger partial charge in [-0.2, -0.15) is 0 Å². The van der Waals surface area contributed by atoms with E-state index in [1.54, 1.807) is 6.07 Å². The molecule has 0 fully saturated rings. The van der Waals surface area contributed by atoms with Gasteiger partial charge in [0.15, 0.2) is 0 Å². The Kier molecular flexibility index (Phi) is 11.1. The molecule has 0 bridgehead atoms. The predicted octanol–water partition coefficient (Wildman–Crippen LogP) is 2.49. The van der Waals surface area contributed by atoms with Gasteiger partial charge in [-0.15, -0.1) is 0 Å². The fourth-order valence-electron chi connectivity index (χ4n) is 4.02. The minimum Gasteiger partial charge on any atom is -0.506 e. The van der Waals surface area contributed by atoms with Gasteiger partial charge in [0, 0.05) is 25.2 Å². The van der Waals surface area contributed by atoms with E-state index in [1.807, 2.05) is 25.1 Å². The Morgan fingerprint density at radius 2 is 1.89 bits per heavy atom. The molecule has 8 nitrogen and oxygen atoms in total. The van der Waals surface area contributed by atoms with Gasteiger partial charge in [0.05, 0.1) is 18.2 Å². The van der Waals surface area contributed by atoms with Crippen LogP contribution in [-0.2, 0) is 17.8 Å². The standard InChI is InChI=1S/C27H42N4O4/c1-6-31(7-2)14-13-28-26(35)19(3)21-10-8-9-20(15-21)16-27(4,5)29-17-25(34)22-11-12-24(33)23(18-32)30-22/h8-12,15,19,25,29,32-34H,6-7,13-14,16-18H2,1-5H3,(H,28,35). The normalized spacial score (nSPS) is 13.6. The molecule has 0 aliphatic heterocycles. The van der Waals surface area contributed by atoms with Gasteiger partial charge < -0.3 is 30.9 Å². The van der Waals surface area contributed by atoms with Gasteiger partial charge >= 0.3 is 0 Å². The predicted molar refractivity (Wildman–Crippen MR) is 138 cm³/mol. The van der Waals surface area contributed by atoms with Crippen LogP contribution >= 0.6 is 0 Å². The molecule has 0 radical (unpaired) electrons. The molecule has 2 aromatic rings. The van der Waals surface area contributed by atoms with E-state index in [4.69, 9.17) is 0 Å². The lowest BCUT2D eigenvalue weighted by molar-refractivity contribution is -0.122. The largest absolute Gasteiger partial charge is 0.506 e. The van der Waals surface area contributed by atoms with Gasteiger partial charge in [-0.1, -0.05) is 38.1 Å². The SMILES string of the molecule is CCN(CC)CCNC(=O)C(C)c1cccc(CC(C)(C)NCC(O)c2ccc(O)c(CO)n2)c1. The number of benzene rings is 1. The number of aliphatic hydroxyl groups excluding tert-OH is 2. The van der Waals surface area contributed by atoms with Crippen molar-refractivity contribution < 1.29 is 20.1 Å². The summed E-state index contributed by atoms with van der Waals surface area (Å²) in [4.78, 5) is 19.1. The van der Waals surface area contributed by atoms with Crippen LogP contribution in [0.1, 0.15) is 69.2 Å². The highest BCUT2D eigenvalue weighted by atomic mass is 16.3. The third-order valence-electron chi connectivity index (χ3n) is 6.35. The average Bonchev–Trinajstić information content (AvgIpc) is 2.84. The van der Waals surface area contributed by atoms with Gasteiger partial charge in [0.2, 0.25) is 5.91 Å². The molecule has 0 aliphatic carbocycles. The number of aliphatic hydroxyl groups is 2. The van der Waals surface area contributed by atoms with Gasteiger partial charge in [-0.3, -0.25) is 4.79 Å². The lowest BCUT2D eigenvalue weighted by atomic mass is 9.91. The van der Waals surface area contributed by atoms with Gasteiger partial charge in [0.1, 0.15) is 17.5 Å². The molecule has 35 heavy (non-hydrogen) atoms. The Labute approximate surface area is 209 Å². The summed E-state index contributed by atoms with van der Waals surface area (Å²) in [6, 6.07) is 11.1. The molecule has 1 aromatic carbocycles. The maximum Gasteiger partial charge on any atom is 0.227 e. The van der Waals surface area contributed by atoms with Crippen molar-refractivity contribution in [3.63, 3.8) is 0 Å². The Hall–Kier alpha value is -2.52. The molecule has 2 atom stereocenters. The Bertz CT molecular complexity index is 947. The topological polar surface area (TPSA) is 118 Å². The first-order valence-electron chi connectivity index (χ1n) is 12.4. The molecule has 1 heterocycles. The first-order chi connectivity index (χ1) is 16.6. The fraction of sp³-hybridized carbons (Fsp3) is 0.556. The van der Waals surface area contributed by atoms with Crippen LogP contribution < -0.4 is 10.6 Å². The fourth-order valence-corrected chi connectivity index (χ4v) is 4.02. The minimum atomic E-state index is -0.883. The van der Waals surface area contributed by atoms with Gasteiger partial charge in [-0.25, -0.2) is 4.98 Å². The van der Waals surface area contributed by atoms with Gasteiger partial charge in [-0.05, 0) is 63.5 Å². The molecule has 1 aromatic heterocycles. The van der Waals surface area contributed by atoms with E-state index in [0.29, 0.717) is 18.7 Å². The van der Waals surface area contributed by atoms with Crippen molar-refractivity contribution in [1.29, 1.82) is 0 Å². The summed E-state index contributed by atoms with van der Waals surface area (Å²) in [6.07, 6.45) is -0.180. The Balaban J connectivity index is 1.94. The summed E-state index contributed by atoms with van der Waals surface area (Å²) in [7, 11) is 0. The molecular weight excluding hydrogens is 444 g/mol. The lowest BCUT2D eigenvalue weighted by Gasteiger charge is -2.28. The zero-order valence-corrected chi connectivity index (χ0v) is 21.7. The van der Waals surface area contributed by atoms with E-state index in [-0.39, 0.29) is 35.4 Å². The van der Waals surface area contributed by atoms with E-state index in [1.165, 1.54) is 6.07 Å². The molecule has 8 heteroatoms. The second kappa shape index (κ2) is 13.5. The molecule has 0 aliphatic rings. The summed E-state index contributed by atoms with van der Waals surface area (Å²) in [6.45, 7) is 13.6. The third-order valence-corrected chi connectivity index (χ3v) is 6.35. The first-order valence-corrected chi connectivity index (χ1v) is 12.4. The number of aromatic hydroxyl groups is 1. The molecule has 5 N–H and O–H groups in total. The molecule has 0 saturated carbocycles. The summed E-state index contributed by atoms with van der Waals surface area (Å²) in [5.41, 5.74) is 2.28. The van der Waals surface area contributed by atoms with Crippen LogP contribution in [0.25, 0.3) is 0 Å². The number of pyridine rings is 1. The lowest BCUT2D eigenvalue weighted by Crippen LogP contribution is -2.43. The highest BCUT2D eigenvalue weighted by Crippen LogP contribution is 2.22. The average molecular weight is 487 g/mol. The molecule has 0 saturated heterocycles. The number of carbonyl (C=O) groups is 1. The summed E-state index contributed by atoms with van der Waals surface area (Å²) >= 11 is 0. The second-order valence-corrected chi connectivity index (χ2v) is 9.60. The van der Waals surface area contributed by atoms with E-state index >= 15 is 0 Å². The van der Waals surface area contributed by atoms with Crippen LogP contribution in [0.4, 0.5) is 0 Å². The van der Waals surface area contributed by atoms with Crippen molar-refractivity contribution in [3.05, 3.63) is 58.9 Å². The summed E-state index contributed by atoms with van der Waals surface area (Å²) in [5, 5.41) is 35.9. The van der Waals surface area contributed by atoms with Crippen molar-refractivity contribution >= 4 is 5.91 Å². The third kappa shape index (κ3) is 8.89. The van der Waals surface area contributed by atoms with E-state index < -0.39 is 12.7 Å². The van der Waals surface area contributed by atoms with E-state index in [2.05, 4.69) is 54.3 Å². The number of β-amino-alcohol motifs (C(OH)–C–C–N with tert-alkyl or cyclic N) is 1. The molecule has 1 amide bonds. The maximum atomic E-state index is 12.7. The number of hydrogen-bond donors (Lipinski definition) is 5. The highest BCUT2D eigenvalue weighted by Gasteiger charge is 2.22. The minimum absolute atomic E-state index is 0.0264. The number of hydrogen-bond acceptors (Lipinski definition) is 7. The second-order valence-electron chi connectivity index (χ2n) is 9.60. The summed E-state index contributed by atoms with van der Waals surface area (Å²) in [5.74, 6) is -0.312. The van der Waals surface area contributed by atoms with E-state index in [0.717, 1.165) is 30.8 Å². The number of carbonyl (C=O) groups excluding carboxylic acids is 1. The smallest absolute Gasteiger partial charge is 0.227 e. The molecular formula is C27H42N4O4. The Morgan fingerprint density at radius 3 is 2.54 bits per heavy atom. The zero-order chi connectivity index (χ0) is 26.0. The maximum absolute atomic E-state index is 12.7. The highest BCUT2D eigenvalue weighted by molar-refractivity contribution is 5.83. The molecule has 194 valence electrons. The number of likely N-dealkylation sites (N-methyl/N-ethyl adjacent to an activating group) is 1. The first kappa shape index (κ1) is 28.7. The van der Waals surface area contributed by atoms with Crippen molar-refractivity contribution in [3.8, 4) is 5.75 Å². The number of nitrogens with one attached hydrogen (secondary N) is 2. The van der Waals surface area contributed by atoms with Crippen LogP contribution in [0.5, 0.6) is 5.75 Å². The van der Waals surface area contributed by atoms with Gasteiger partial charge in [0.25, 0.3) is 0 Å². The van der Waals surface area contributed by atoms with Crippen molar-refractivity contribution in [2.45, 2.75) is 65.2 Å². The van der Waals surface area contributed by atoms with Crippen molar-refractivity contribution in [1.82, 2.24) is 20.5 Å². The molecule has 0 spiro atoms. The van der Waals surface area contributed by atoms with Crippen LogP contribution in [-0.4, -0.2) is 69.4 Å². The van der Waals surface area contributed by atoms with Crippen molar-refractivity contribution in [2.75, 3.05) is 32.7 Å². The van der Waals surface area contributed by atoms with Crippen molar-refractivity contribution in [2.24, 2.45) is 0 Å². The summed E-state index contributed by atoms with van der Waals surface area (Å²) < 4.78 is 0. The number of amides is 1. The number of aromatic nitrogens is 1. The monoisotopic (exact) mass is 486 g/mol. The molecule has 2 unspecified atom stereocenters. The van der Waals surface area contributed by atoms with Crippen LogP contribution in [0, 0.1) is 0 Å². The quantitative estimate of drug-likeness (QED) is 0.278. The number of rotatable bonds is 14. The van der Waals surface area contributed by atoms with Crippen LogP contribution in [0.2, 0.25) is 0 Å². The zero-order valence-electron chi connectivity index (χ0n) is 21.7.